The van der Waals surface area contributed by atoms with Crippen LogP contribution in [-0.2, 0) is 0 Å². The molecule has 0 aliphatic heterocycles. The maximum absolute atomic E-state index is 9.45. The lowest BCUT2D eigenvalue weighted by atomic mass is 9.85. The van der Waals surface area contributed by atoms with Crippen LogP contribution in [0.5, 0.6) is 0 Å². The predicted molar refractivity (Wildman–Crippen MR) is 208 cm³/mol. The summed E-state index contributed by atoms with van der Waals surface area (Å²) in [6.45, 7) is 0. The fraction of sp³-hybridized carbons (Fsp3) is 0. The first kappa shape index (κ1) is 27.7. The standard InChI is InChI=1S/C46H26N2S/c47-27-28-18-20-29(21-19-28)42-33-13-4-6-15-35(33)43(36-16-7-5-14-34(36)42)31-22-23-38-40(26-31)48-45(30-10-2-1-3-11-30)39-25-24-37-32-12-8-9-17-41(32)49-46(37)44(38)39/h1-26H. The molecule has 226 valence electrons. The van der Waals surface area contributed by atoms with Gasteiger partial charge in [-0.1, -0.05) is 133 Å². The van der Waals surface area contributed by atoms with Crippen LogP contribution in [0.2, 0.25) is 0 Å². The molecule has 10 aromatic rings. The second-order valence-corrected chi connectivity index (χ2v) is 13.6. The number of nitriles is 1. The van der Waals surface area contributed by atoms with Gasteiger partial charge < -0.3 is 0 Å². The Kier molecular flexibility index (Phi) is 6.15. The lowest BCUT2D eigenvalue weighted by Gasteiger charge is -2.18. The van der Waals surface area contributed by atoms with Crippen molar-refractivity contribution in [2.75, 3.05) is 0 Å². The summed E-state index contributed by atoms with van der Waals surface area (Å²) in [5.74, 6) is 0. The summed E-state index contributed by atoms with van der Waals surface area (Å²) in [5, 5.41) is 20.4. The summed E-state index contributed by atoms with van der Waals surface area (Å²) in [6.07, 6.45) is 0. The molecule has 0 fully saturated rings. The van der Waals surface area contributed by atoms with Crippen LogP contribution in [0.3, 0.4) is 0 Å². The Balaban J connectivity index is 1.31. The van der Waals surface area contributed by atoms with E-state index in [1.807, 2.05) is 23.5 Å². The van der Waals surface area contributed by atoms with Crippen LogP contribution in [0.25, 0.3) is 96.9 Å². The van der Waals surface area contributed by atoms with Gasteiger partial charge in [0.1, 0.15) is 0 Å². The van der Waals surface area contributed by atoms with Crippen LogP contribution in [0.15, 0.2) is 158 Å². The van der Waals surface area contributed by atoms with Crippen molar-refractivity contribution in [2.24, 2.45) is 0 Å². The molecule has 3 heteroatoms. The lowest BCUT2D eigenvalue weighted by molar-refractivity contribution is 1.43. The van der Waals surface area contributed by atoms with E-state index in [9.17, 15) is 5.26 Å². The highest BCUT2D eigenvalue weighted by Crippen LogP contribution is 2.46. The molecule has 0 spiro atoms. The van der Waals surface area contributed by atoms with Crippen LogP contribution in [0.4, 0.5) is 0 Å². The molecule has 49 heavy (non-hydrogen) atoms. The Bertz CT molecular complexity index is 2930. The molecule has 0 atom stereocenters. The van der Waals surface area contributed by atoms with Crippen LogP contribution >= 0.6 is 11.3 Å². The molecule has 8 aromatic carbocycles. The Morgan fingerprint density at radius 3 is 1.67 bits per heavy atom. The molecule has 2 nitrogen and oxygen atoms in total. The summed E-state index contributed by atoms with van der Waals surface area (Å²) in [6, 6.07) is 58.3. The fourth-order valence-corrected chi connectivity index (χ4v) is 8.97. The average Bonchev–Trinajstić information content (AvgIpc) is 3.56. The third-order valence-corrected chi connectivity index (χ3v) is 11.1. The second-order valence-electron chi connectivity index (χ2n) is 12.6. The predicted octanol–water partition coefficient (Wildman–Crippen LogP) is 12.9. The number of pyridine rings is 1. The maximum Gasteiger partial charge on any atom is 0.0991 e. The van der Waals surface area contributed by atoms with Crippen LogP contribution in [0.1, 0.15) is 5.56 Å². The molecule has 10 rings (SSSR count). The Hall–Kier alpha value is -6.34. The zero-order valence-corrected chi connectivity index (χ0v) is 27.1. The van der Waals surface area contributed by atoms with Gasteiger partial charge in [-0.2, -0.15) is 5.26 Å². The van der Waals surface area contributed by atoms with Crippen molar-refractivity contribution in [1.29, 1.82) is 5.26 Å². The minimum Gasteiger partial charge on any atom is -0.247 e. The van der Waals surface area contributed by atoms with Gasteiger partial charge >= 0.3 is 0 Å². The summed E-state index contributed by atoms with van der Waals surface area (Å²) in [4.78, 5) is 5.44. The summed E-state index contributed by atoms with van der Waals surface area (Å²) in [5.41, 5.74) is 8.39. The summed E-state index contributed by atoms with van der Waals surface area (Å²) < 4.78 is 2.60. The molecular formula is C46H26N2S. The minimum absolute atomic E-state index is 0.660. The van der Waals surface area contributed by atoms with Crippen molar-refractivity contribution < 1.29 is 0 Å². The SMILES string of the molecule is N#Cc1ccc(-c2c3ccccc3c(-c3ccc4c(c3)nc(-c3ccccc3)c3ccc5c6ccccc6sc5c34)c3ccccc23)cc1. The zero-order valence-electron chi connectivity index (χ0n) is 26.3. The largest absolute Gasteiger partial charge is 0.247 e. The van der Waals surface area contributed by atoms with Gasteiger partial charge in [-0.05, 0) is 68.1 Å². The number of benzene rings is 8. The van der Waals surface area contributed by atoms with E-state index in [2.05, 4.69) is 152 Å². The molecule has 0 N–H and O–H groups in total. The molecule has 0 radical (unpaired) electrons. The number of hydrogen-bond acceptors (Lipinski definition) is 3. The minimum atomic E-state index is 0.660. The van der Waals surface area contributed by atoms with Crippen molar-refractivity contribution in [3.05, 3.63) is 163 Å². The van der Waals surface area contributed by atoms with E-state index in [1.165, 1.54) is 69.0 Å². The highest BCUT2D eigenvalue weighted by atomic mass is 32.1. The molecule has 0 amide bonds. The van der Waals surface area contributed by atoms with Crippen molar-refractivity contribution in [2.45, 2.75) is 0 Å². The van der Waals surface area contributed by atoms with Gasteiger partial charge in [-0.15, -0.1) is 11.3 Å². The first-order chi connectivity index (χ1) is 24.3. The van der Waals surface area contributed by atoms with Gasteiger partial charge in [0.25, 0.3) is 0 Å². The molecular weight excluding hydrogens is 613 g/mol. The monoisotopic (exact) mass is 638 g/mol. The van der Waals surface area contributed by atoms with E-state index < -0.39 is 0 Å². The first-order valence-electron chi connectivity index (χ1n) is 16.4. The maximum atomic E-state index is 9.45. The van der Waals surface area contributed by atoms with Crippen LogP contribution in [0, 0.1) is 11.3 Å². The third-order valence-electron chi connectivity index (χ3n) is 9.87. The van der Waals surface area contributed by atoms with E-state index in [1.54, 1.807) is 0 Å². The van der Waals surface area contributed by atoms with E-state index in [0.717, 1.165) is 27.9 Å². The molecule has 0 unspecified atom stereocenters. The Morgan fingerprint density at radius 2 is 1.00 bits per heavy atom. The normalized spacial score (nSPS) is 11.7. The molecule has 0 aliphatic rings. The molecule has 0 saturated carbocycles. The molecule has 0 aliphatic carbocycles. The van der Waals surface area contributed by atoms with Crippen LogP contribution < -0.4 is 0 Å². The smallest absolute Gasteiger partial charge is 0.0991 e. The Morgan fingerprint density at radius 1 is 0.449 bits per heavy atom. The van der Waals surface area contributed by atoms with Gasteiger partial charge in [0.2, 0.25) is 0 Å². The lowest BCUT2D eigenvalue weighted by Crippen LogP contribution is -1.93. The van der Waals surface area contributed by atoms with Gasteiger partial charge in [-0.3, -0.25) is 0 Å². The number of rotatable bonds is 3. The average molecular weight is 639 g/mol. The van der Waals surface area contributed by atoms with Gasteiger partial charge in [-0.25, -0.2) is 4.98 Å². The third kappa shape index (κ3) is 4.22. The molecule has 0 bridgehead atoms. The Labute approximate surface area is 286 Å². The van der Waals surface area contributed by atoms with Crippen molar-refractivity contribution in [3.63, 3.8) is 0 Å². The van der Waals surface area contributed by atoms with Crippen molar-refractivity contribution in [1.82, 2.24) is 4.98 Å². The van der Waals surface area contributed by atoms with Gasteiger partial charge in [0.15, 0.2) is 0 Å². The zero-order chi connectivity index (χ0) is 32.5. The fourth-order valence-electron chi connectivity index (χ4n) is 7.70. The summed E-state index contributed by atoms with van der Waals surface area (Å²) >= 11 is 1.87. The van der Waals surface area contributed by atoms with E-state index in [4.69, 9.17) is 4.98 Å². The van der Waals surface area contributed by atoms with Crippen molar-refractivity contribution in [3.8, 4) is 39.6 Å². The quantitative estimate of drug-likeness (QED) is 0.143. The number of nitrogens with zero attached hydrogens (tertiary/aromatic N) is 2. The van der Waals surface area contributed by atoms with Gasteiger partial charge in [0, 0.05) is 41.9 Å². The molecule has 2 heterocycles. The topological polar surface area (TPSA) is 36.7 Å². The number of thiophene rings is 1. The van der Waals surface area contributed by atoms with E-state index in [-0.39, 0.29) is 0 Å². The highest BCUT2D eigenvalue weighted by Gasteiger charge is 2.19. The number of aromatic nitrogens is 1. The van der Waals surface area contributed by atoms with Gasteiger partial charge in [0.05, 0.1) is 22.8 Å². The number of hydrogen-bond donors (Lipinski definition) is 0. The van der Waals surface area contributed by atoms with E-state index >= 15 is 0 Å². The first-order valence-corrected chi connectivity index (χ1v) is 17.3. The van der Waals surface area contributed by atoms with Crippen LogP contribution in [-0.4, -0.2) is 4.98 Å². The molecule has 2 aromatic heterocycles. The van der Waals surface area contributed by atoms with E-state index in [0.29, 0.717) is 5.56 Å². The molecule has 0 saturated heterocycles. The number of fused-ring (bicyclic) bond motifs is 9. The summed E-state index contributed by atoms with van der Waals surface area (Å²) in [7, 11) is 0. The highest BCUT2D eigenvalue weighted by molar-refractivity contribution is 7.26. The second kappa shape index (κ2) is 10.9. The van der Waals surface area contributed by atoms with Crippen molar-refractivity contribution >= 4 is 74.7 Å².